The van der Waals surface area contributed by atoms with Crippen molar-refractivity contribution in [1.29, 1.82) is 0 Å². The van der Waals surface area contributed by atoms with Crippen LogP contribution in [0.25, 0.3) is 0 Å². The SMILES string of the molecule is Cc1cc(C)c2c3c1B1c4cc(C(C)(C)C)ccc4N(c4ccc(C(C)(C)C)cc4)c4cc(N5c6ccccc6C6(C)CCCCC56C)cc(c41)N3C1(C)CCCCC21C. The number of rotatable bonds is 2. The molecule has 3 nitrogen and oxygen atoms in total. The zero-order valence-corrected chi connectivity index (χ0v) is 38.7. The quantitative estimate of drug-likeness (QED) is 0.162. The minimum absolute atomic E-state index is 0.0211. The molecule has 5 aromatic rings. The van der Waals surface area contributed by atoms with E-state index in [0.29, 0.717) is 0 Å². The third-order valence-corrected chi connectivity index (χ3v) is 17.7. The number of fused-ring (bicyclic) bond motifs is 10. The molecular weight excluding hydrogens is 725 g/mol. The average molecular weight is 792 g/mol. The van der Waals surface area contributed by atoms with Crippen molar-refractivity contribution in [1.82, 2.24) is 0 Å². The molecule has 2 fully saturated rings. The molecule has 2 saturated carbocycles. The summed E-state index contributed by atoms with van der Waals surface area (Å²) in [7, 11) is 0. The van der Waals surface area contributed by atoms with Crippen LogP contribution in [-0.4, -0.2) is 17.8 Å². The second-order valence-corrected chi connectivity index (χ2v) is 22.9. The van der Waals surface area contributed by atoms with Gasteiger partial charge in [-0.25, -0.2) is 0 Å². The summed E-state index contributed by atoms with van der Waals surface area (Å²) in [5, 5.41) is 0. The molecule has 60 heavy (non-hydrogen) atoms. The van der Waals surface area contributed by atoms with Gasteiger partial charge in [0.05, 0.1) is 11.1 Å². The van der Waals surface area contributed by atoms with Crippen molar-refractivity contribution in [2.75, 3.05) is 14.7 Å². The van der Waals surface area contributed by atoms with Gasteiger partial charge in [-0.3, -0.25) is 0 Å². The van der Waals surface area contributed by atoms with E-state index in [9.17, 15) is 0 Å². The first-order valence-electron chi connectivity index (χ1n) is 23.4. The van der Waals surface area contributed by atoms with Gasteiger partial charge in [-0.2, -0.15) is 0 Å². The van der Waals surface area contributed by atoms with E-state index in [4.69, 9.17) is 0 Å². The summed E-state index contributed by atoms with van der Waals surface area (Å²) in [5.41, 5.74) is 23.1. The molecule has 4 unspecified atom stereocenters. The second kappa shape index (κ2) is 12.1. The standard InChI is InChI=1S/C56H66BN3/c1-35-31-36(2)48-50-47(35)54(10)28-16-18-30-56(54,12)60(50)46-34-40(59-43-20-14-13-19-41(43)53(9)27-15-17-29-55(53,59)11)33-45-49(46)57(48)42-32-38(52(6,7)8)23-26-44(42)58(45)39-24-21-37(22-25-39)51(3,4)5/h13-14,19-26,31-34H,15-18,27-30H2,1-12H3. The Labute approximate surface area is 361 Å². The van der Waals surface area contributed by atoms with Crippen LogP contribution in [0.15, 0.2) is 84.9 Å². The van der Waals surface area contributed by atoms with Crippen LogP contribution >= 0.6 is 0 Å². The molecule has 0 aromatic heterocycles. The maximum Gasteiger partial charge on any atom is 0.252 e. The third-order valence-electron chi connectivity index (χ3n) is 17.7. The number of para-hydroxylation sites is 1. The third kappa shape index (κ3) is 4.69. The monoisotopic (exact) mass is 792 g/mol. The van der Waals surface area contributed by atoms with Crippen molar-refractivity contribution >= 4 is 62.9 Å². The summed E-state index contributed by atoms with van der Waals surface area (Å²) in [6.07, 6.45) is 9.97. The van der Waals surface area contributed by atoms with Gasteiger partial charge in [-0.15, -0.1) is 0 Å². The summed E-state index contributed by atoms with van der Waals surface area (Å²) in [6.45, 7) is 29.6. The van der Waals surface area contributed by atoms with Crippen LogP contribution in [0.1, 0.15) is 154 Å². The summed E-state index contributed by atoms with van der Waals surface area (Å²) in [5.74, 6) is 0. The van der Waals surface area contributed by atoms with E-state index < -0.39 is 0 Å². The fourth-order valence-electron chi connectivity index (χ4n) is 14.1. The Morgan fingerprint density at radius 2 is 1.12 bits per heavy atom. The lowest BCUT2D eigenvalue weighted by Gasteiger charge is -2.54. The molecule has 0 radical (unpaired) electrons. The highest BCUT2D eigenvalue weighted by Crippen LogP contribution is 2.65. The molecule has 2 aliphatic carbocycles. The Morgan fingerprint density at radius 1 is 0.517 bits per heavy atom. The van der Waals surface area contributed by atoms with E-state index in [1.807, 2.05) is 0 Å². The lowest BCUT2D eigenvalue weighted by molar-refractivity contribution is 0.193. The molecule has 11 rings (SSSR count). The molecule has 5 aromatic carbocycles. The molecule has 0 saturated heterocycles. The van der Waals surface area contributed by atoms with Gasteiger partial charge in [0.25, 0.3) is 6.71 Å². The Kier molecular flexibility index (Phi) is 7.79. The van der Waals surface area contributed by atoms with E-state index in [2.05, 4.69) is 183 Å². The fourth-order valence-corrected chi connectivity index (χ4v) is 14.1. The Bertz CT molecular complexity index is 2640. The zero-order chi connectivity index (χ0) is 42.1. The molecule has 0 N–H and O–H groups in total. The van der Waals surface area contributed by atoms with Crippen molar-refractivity contribution in [3.63, 3.8) is 0 Å². The van der Waals surface area contributed by atoms with Gasteiger partial charge in [-0.1, -0.05) is 135 Å². The minimum atomic E-state index is -0.0445. The molecule has 4 atom stereocenters. The predicted octanol–water partition coefficient (Wildman–Crippen LogP) is 13.0. The summed E-state index contributed by atoms with van der Waals surface area (Å²) >= 11 is 0. The smallest absolute Gasteiger partial charge is 0.252 e. The molecule has 308 valence electrons. The van der Waals surface area contributed by atoms with Crippen LogP contribution in [0.3, 0.4) is 0 Å². The Morgan fingerprint density at radius 3 is 1.80 bits per heavy atom. The zero-order valence-electron chi connectivity index (χ0n) is 38.7. The summed E-state index contributed by atoms with van der Waals surface area (Å²) in [4.78, 5) is 8.47. The van der Waals surface area contributed by atoms with Crippen molar-refractivity contribution in [2.45, 2.75) is 167 Å². The molecule has 4 heteroatoms. The highest BCUT2D eigenvalue weighted by Gasteiger charge is 2.63. The molecule has 0 amide bonds. The van der Waals surface area contributed by atoms with Gasteiger partial charge in [0.15, 0.2) is 0 Å². The van der Waals surface area contributed by atoms with Gasteiger partial charge in [-0.05, 0) is 145 Å². The van der Waals surface area contributed by atoms with Gasteiger partial charge in [0.1, 0.15) is 0 Å². The minimum Gasteiger partial charge on any atom is -0.335 e. The maximum atomic E-state index is 2.96. The first kappa shape index (κ1) is 38.5. The average Bonchev–Trinajstić information content (AvgIpc) is 3.55. The van der Waals surface area contributed by atoms with Crippen molar-refractivity contribution in [2.24, 2.45) is 0 Å². The van der Waals surface area contributed by atoms with Crippen LogP contribution in [0.5, 0.6) is 0 Å². The van der Waals surface area contributed by atoms with Gasteiger partial charge in [0, 0.05) is 50.6 Å². The van der Waals surface area contributed by atoms with Crippen LogP contribution < -0.4 is 31.1 Å². The molecule has 6 aliphatic rings. The predicted molar refractivity (Wildman–Crippen MR) is 258 cm³/mol. The first-order chi connectivity index (χ1) is 28.3. The highest BCUT2D eigenvalue weighted by molar-refractivity contribution is 7.00. The number of nitrogens with zero attached hydrogens (tertiary/aromatic N) is 3. The highest BCUT2D eigenvalue weighted by atomic mass is 15.3. The summed E-state index contributed by atoms with van der Waals surface area (Å²) < 4.78 is 0. The number of anilines is 7. The molecule has 0 spiro atoms. The Balaban J connectivity index is 1.28. The van der Waals surface area contributed by atoms with Crippen LogP contribution in [0.2, 0.25) is 0 Å². The largest absolute Gasteiger partial charge is 0.335 e. The van der Waals surface area contributed by atoms with Gasteiger partial charge in [0.2, 0.25) is 0 Å². The van der Waals surface area contributed by atoms with Gasteiger partial charge >= 0.3 is 0 Å². The maximum absolute atomic E-state index is 2.96. The van der Waals surface area contributed by atoms with E-state index >= 15 is 0 Å². The number of aryl methyl sites for hydroxylation is 2. The van der Waals surface area contributed by atoms with Crippen molar-refractivity contribution in [3.05, 3.63) is 118 Å². The lowest BCUT2D eigenvalue weighted by atomic mass is 9.32. The number of hydrogen-bond donors (Lipinski definition) is 0. The summed E-state index contributed by atoms with van der Waals surface area (Å²) in [6, 6.07) is 34.4. The topological polar surface area (TPSA) is 9.72 Å². The molecular formula is C56H66BN3. The van der Waals surface area contributed by atoms with Crippen LogP contribution in [0.4, 0.5) is 39.8 Å². The van der Waals surface area contributed by atoms with Gasteiger partial charge < -0.3 is 14.7 Å². The normalized spacial score (nSPS) is 27.3. The Hall–Kier alpha value is -4.44. The fraction of sp³-hybridized carbons (Fsp3) is 0.464. The van der Waals surface area contributed by atoms with Crippen molar-refractivity contribution in [3.8, 4) is 0 Å². The van der Waals surface area contributed by atoms with E-state index in [-0.39, 0.29) is 39.5 Å². The molecule has 4 heterocycles. The van der Waals surface area contributed by atoms with Crippen LogP contribution in [-0.2, 0) is 21.7 Å². The van der Waals surface area contributed by atoms with E-state index in [0.717, 1.165) is 0 Å². The molecule has 4 aliphatic heterocycles. The molecule has 0 bridgehead atoms. The number of hydrogen-bond acceptors (Lipinski definition) is 3. The number of benzene rings is 5. The second-order valence-electron chi connectivity index (χ2n) is 22.9. The van der Waals surface area contributed by atoms with E-state index in [1.165, 1.54) is 130 Å². The van der Waals surface area contributed by atoms with Crippen molar-refractivity contribution < 1.29 is 0 Å². The van der Waals surface area contributed by atoms with Crippen LogP contribution in [0, 0.1) is 13.8 Å². The first-order valence-corrected chi connectivity index (χ1v) is 23.4. The lowest BCUT2D eigenvalue weighted by Crippen LogP contribution is -2.65. The van der Waals surface area contributed by atoms with E-state index in [1.54, 1.807) is 11.0 Å².